The van der Waals surface area contributed by atoms with E-state index < -0.39 is 15.8 Å². The summed E-state index contributed by atoms with van der Waals surface area (Å²) in [5.74, 6) is -0.706. The van der Waals surface area contributed by atoms with Crippen LogP contribution in [0.5, 0.6) is 0 Å². The Labute approximate surface area is 152 Å². The SMILES string of the molecule is CNC(C)CNC(=O)c1ccc(NS(=O)(=O)c2ccc(F)c(C)c2)cc1. The van der Waals surface area contributed by atoms with Crippen molar-refractivity contribution in [2.24, 2.45) is 0 Å². The van der Waals surface area contributed by atoms with Crippen molar-refractivity contribution < 1.29 is 17.6 Å². The van der Waals surface area contributed by atoms with Crippen molar-refractivity contribution in [2.45, 2.75) is 24.8 Å². The van der Waals surface area contributed by atoms with Crippen LogP contribution in [0.15, 0.2) is 47.4 Å². The van der Waals surface area contributed by atoms with Gasteiger partial charge in [-0.15, -0.1) is 0 Å². The van der Waals surface area contributed by atoms with E-state index in [0.29, 0.717) is 17.8 Å². The third-order valence-corrected chi connectivity index (χ3v) is 5.28. The summed E-state index contributed by atoms with van der Waals surface area (Å²) in [5, 5.41) is 5.79. The minimum atomic E-state index is -3.84. The monoisotopic (exact) mass is 379 g/mol. The number of carbonyl (C=O) groups excluding carboxylic acids is 1. The number of rotatable bonds is 7. The smallest absolute Gasteiger partial charge is 0.261 e. The van der Waals surface area contributed by atoms with Crippen LogP contribution in [0.1, 0.15) is 22.8 Å². The third-order valence-electron chi connectivity index (χ3n) is 3.90. The van der Waals surface area contributed by atoms with Crippen LogP contribution < -0.4 is 15.4 Å². The van der Waals surface area contributed by atoms with Gasteiger partial charge in [0.25, 0.3) is 15.9 Å². The van der Waals surface area contributed by atoms with Crippen molar-refractivity contribution in [3.05, 3.63) is 59.4 Å². The first-order valence-corrected chi connectivity index (χ1v) is 9.56. The van der Waals surface area contributed by atoms with Crippen molar-refractivity contribution in [3.63, 3.8) is 0 Å². The number of anilines is 1. The molecule has 1 atom stereocenters. The molecule has 2 aromatic carbocycles. The maximum atomic E-state index is 13.3. The van der Waals surface area contributed by atoms with E-state index in [2.05, 4.69) is 15.4 Å². The van der Waals surface area contributed by atoms with Crippen LogP contribution in [0.3, 0.4) is 0 Å². The summed E-state index contributed by atoms with van der Waals surface area (Å²) in [5.41, 5.74) is 0.983. The molecule has 0 saturated carbocycles. The normalized spacial score (nSPS) is 12.5. The van der Waals surface area contributed by atoms with Crippen molar-refractivity contribution in [1.29, 1.82) is 0 Å². The predicted molar refractivity (Wildman–Crippen MR) is 99.2 cm³/mol. The van der Waals surface area contributed by atoms with Gasteiger partial charge < -0.3 is 10.6 Å². The highest BCUT2D eigenvalue weighted by molar-refractivity contribution is 7.92. The molecule has 0 heterocycles. The number of hydrogen-bond acceptors (Lipinski definition) is 4. The second-order valence-corrected chi connectivity index (χ2v) is 7.68. The van der Waals surface area contributed by atoms with E-state index in [-0.39, 0.29) is 22.4 Å². The molecule has 1 unspecified atom stereocenters. The topological polar surface area (TPSA) is 87.3 Å². The first-order chi connectivity index (χ1) is 12.2. The Kier molecular flexibility index (Phi) is 6.33. The maximum absolute atomic E-state index is 13.3. The van der Waals surface area contributed by atoms with Gasteiger partial charge in [0, 0.05) is 23.8 Å². The summed E-state index contributed by atoms with van der Waals surface area (Å²) in [6.45, 7) is 3.92. The Morgan fingerprint density at radius 2 is 1.81 bits per heavy atom. The Morgan fingerprint density at radius 1 is 1.15 bits per heavy atom. The highest BCUT2D eigenvalue weighted by atomic mass is 32.2. The first kappa shape index (κ1) is 19.9. The highest BCUT2D eigenvalue weighted by Gasteiger charge is 2.16. The fraction of sp³-hybridized carbons (Fsp3) is 0.278. The lowest BCUT2D eigenvalue weighted by atomic mass is 10.2. The zero-order valence-electron chi connectivity index (χ0n) is 14.8. The standard InChI is InChI=1S/C18H22FN3O3S/c1-12-10-16(8-9-17(12)19)26(24,25)22-15-6-4-14(5-7-15)18(23)21-11-13(2)20-3/h4-10,13,20,22H,11H2,1-3H3,(H,21,23). The zero-order valence-corrected chi connectivity index (χ0v) is 15.7. The quantitative estimate of drug-likeness (QED) is 0.689. The lowest BCUT2D eigenvalue weighted by Crippen LogP contribution is -2.37. The lowest BCUT2D eigenvalue weighted by molar-refractivity contribution is 0.0950. The number of benzene rings is 2. The van der Waals surface area contributed by atoms with Crippen LogP contribution in [-0.2, 0) is 10.0 Å². The van der Waals surface area contributed by atoms with Gasteiger partial charge in [0.15, 0.2) is 0 Å². The highest BCUT2D eigenvalue weighted by Crippen LogP contribution is 2.19. The first-order valence-electron chi connectivity index (χ1n) is 8.07. The van der Waals surface area contributed by atoms with E-state index in [1.165, 1.54) is 43.3 Å². The fourth-order valence-corrected chi connectivity index (χ4v) is 3.28. The van der Waals surface area contributed by atoms with Crippen molar-refractivity contribution >= 4 is 21.6 Å². The molecule has 2 rings (SSSR count). The van der Waals surface area contributed by atoms with E-state index in [1.54, 1.807) is 7.05 Å². The molecule has 3 N–H and O–H groups in total. The molecule has 2 aromatic rings. The number of likely N-dealkylation sites (N-methyl/N-ethyl adjacent to an activating group) is 1. The molecule has 140 valence electrons. The second-order valence-electron chi connectivity index (χ2n) is 5.99. The molecule has 26 heavy (non-hydrogen) atoms. The van der Waals surface area contributed by atoms with E-state index in [0.717, 1.165) is 6.07 Å². The minimum absolute atomic E-state index is 0.0285. The van der Waals surface area contributed by atoms with E-state index in [9.17, 15) is 17.6 Å². The number of nitrogens with one attached hydrogen (secondary N) is 3. The number of aryl methyl sites for hydroxylation is 1. The molecule has 0 aliphatic heterocycles. The molecule has 0 spiro atoms. The van der Waals surface area contributed by atoms with Crippen LogP contribution in [-0.4, -0.2) is 34.0 Å². The average molecular weight is 379 g/mol. The molecule has 1 amide bonds. The van der Waals surface area contributed by atoms with Gasteiger partial charge in [-0.05, 0) is 68.9 Å². The van der Waals surface area contributed by atoms with Gasteiger partial charge in [-0.2, -0.15) is 0 Å². The van der Waals surface area contributed by atoms with Gasteiger partial charge >= 0.3 is 0 Å². The van der Waals surface area contributed by atoms with Crippen molar-refractivity contribution in [2.75, 3.05) is 18.3 Å². The molecule has 0 aliphatic rings. The Bertz CT molecular complexity index is 883. The van der Waals surface area contributed by atoms with Gasteiger partial charge in [-0.25, -0.2) is 12.8 Å². The molecule has 0 aliphatic carbocycles. The Hall–Kier alpha value is -2.45. The molecule has 0 fully saturated rings. The third kappa shape index (κ3) is 5.03. The van der Waals surface area contributed by atoms with Crippen LogP contribution in [0.4, 0.5) is 10.1 Å². The zero-order chi connectivity index (χ0) is 19.3. The number of halogens is 1. The van der Waals surface area contributed by atoms with Crippen LogP contribution in [0, 0.1) is 12.7 Å². The summed E-state index contributed by atoms with van der Waals surface area (Å²) in [7, 11) is -2.03. The minimum Gasteiger partial charge on any atom is -0.350 e. The Balaban J connectivity index is 2.08. The van der Waals surface area contributed by atoms with Gasteiger partial charge in [-0.1, -0.05) is 0 Å². The van der Waals surface area contributed by atoms with Crippen LogP contribution >= 0.6 is 0 Å². The number of sulfonamides is 1. The van der Waals surface area contributed by atoms with Gasteiger partial charge in [0.1, 0.15) is 5.82 Å². The van der Waals surface area contributed by atoms with Crippen molar-refractivity contribution in [1.82, 2.24) is 10.6 Å². The predicted octanol–water partition coefficient (Wildman–Crippen LogP) is 2.27. The second kappa shape index (κ2) is 8.29. The van der Waals surface area contributed by atoms with E-state index in [1.807, 2.05) is 6.92 Å². The molecule has 6 nitrogen and oxygen atoms in total. The van der Waals surface area contributed by atoms with Gasteiger partial charge in [0.2, 0.25) is 0 Å². The fourth-order valence-electron chi connectivity index (χ4n) is 2.14. The number of carbonyl (C=O) groups is 1. The van der Waals surface area contributed by atoms with Crippen LogP contribution in [0.2, 0.25) is 0 Å². The van der Waals surface area contributed by atoms with Crippen molar-refractivity contribution in [3.8, 4) is 0 Å². The molecular formula is C18H22FN3O3S. The summed E-state index contributed by atoms with van der Waals surface area (Å²) < 4.78 is 40.5. The lowest BCUT2D eigenvalue weighted by Gasteiger charge is -2.12. The molecule has 0 bridgehead atoms. The average Bonchev–Trinajstić information content (AvgIpc) is 2.61. The maximum Gasteiger partial charge on any atom is 0.261 e. The summed E-state index contributed by atoms with van der Waals surface area (Å²) in [4.78, 5) is 12.0. The van der Waals surface area contributed by atoms with E-state index >= 15 is 0 Å². The van der Waals surface area contributed by atoms with Gasteiger partial charge in [-0.3, -0.25) is 9.52 Å². The molecule has 0 aromatic heterocycles. The summed E-state index contributed by atoms with van der Waals surface area (Å²) in [6, 6.07) is 9.81. The van der Waals surface area contributed by atoms with Crippen LogP contribution in [0.25, 0.3) is 0 Å². The molecule has 8 heteroatoms. The Morgan fingerprint density at radius 3 is 2.38 bits per heavy atom. The summed E-state index contributed by atoms with van der Waals surface area (Å²) in [6.07, 6.45) is 0. The largest absolute Gasteiger partial charge is 0.350 e. The number of hydrogen-bond donors (Lipinski definition) is 3. The molecule has 0 saturated heterocycles. The molecule has 0 radical (unpaired) electrons. The van der Waals surface area contributed by atoms with Gasteiger partial charge in [0.05, 0.1) is 4.90 Å². The summed E-state index contributed by atoms with van der Waals surface area (Å²) >= 11 is 0. The molecular weight excluding hydrogens is 357 g/mol. The number of amides is 1. The van der Waals surface area contributed by atoms with E-state index in [4.69, 9.17) is 0 Å².